The Balaban J connectivity index is 1.24. The fraction of sp³-hybridized carbons (Fsp3) is 0.647. The van der Waals surface area contributed by atoms with Crippen molar-refractivity contribution in [1.82, 2.24) is 5.32 Å². The molecule has 1 aromatic carbocycles. The molecule has 4 unspecified atom stereocenters. The van der Waals surface area contributed by atoms with Crippen molar-refractivity contribution < 1.29 is 4.74 Å². The monoisotopic (exact) mass is 257 g/mol. The molecule has 2 saturated carbocycles. The Hall–Kier alpha value is -1.02. The smallest absolute Gasteiger partial charge is 0.123 e. The van der Waals surface area contributed by atoms with E-state index >= 15 is 0 Å². The molecule has 2 bridgehead atoms. The van der Waals surface area contributed by atoms with Crippen LogP contribution >= 0.6 is 0 Å². The minimum Gasteiger partial charge on any atom is -0.488 e. The summed E-state index contributed by atoms with van der Waals surface area (Å²) in [5.41, 5.74) is 1.37. The average molecular weight is 257 g/mol. The molecule has 4 atom stereocenters. The molecule has 1 aromatic rings. The molecule has 2 nitrogen and oxygen atoms in total. The molecule has 2 aliphatic carbocycles. The van der Waals surface area contributed by atoms with E-state index in [1.165, 1.54) is 37.8 Å². The molecule has 19 heavy (non-hydrogen) atoms. The van der Waals surface area contributed by atoms with Crippen LogP contribution in [0.25, 0.3) is 0 Å². The number of hydrogen-bond donors (Lipinski definition) is 1. The number of benzene rings is 1. The fourth-order valence-corrected chi connectivity index (χ4v) is 4.42. The van der Waals surface area contributed by atoms with Crippen molar-refractivity contribution >= 4 is 0 Å². The molecule has 1 aliphatic heterocycles. The number of hydrogen-bond acceptors (Lipinski definition) is 2. The van der Waals surface area contributed by atoms with E-state index in [0.29, 0.717) is 6.10 Å². The highest BCUT2D eigenvalue weighted by Crippen LogP contribution is 2.47. The Morgan fingerprint density at radius 1 is 1.11 bits per heavy atom. The van der Waals surface area contributed by atoms with Crippen molar-refractivity contribution in [2.45, 2.75) is 38.2 Å². The maximum atomic E-state index is 5.97. The first-order chi connectivity index (χ1) is 9.38. The van der Waals surface area contributed by atoms with E-state index in [0.717, 1.165) is 36.5 Å². The quantitative estimate of drug-likeness (QED) is 0.895. The van der Waals surface area contributed by atoms with Gasteiger partial charge in [-0.2, -0.15) is 0 Å². The minimum atomic E-state index is 0.344. The summed E-state index contributed by atoms with van der Waals surface area (Å²) in [5.74, 6) is 4.12. The van der Waals surface area contributed by atoms with Gasteiger partial charge < -0.3 is 10.1 Å². The largest absolute Gasteiger partial charge is 0.488 e. The first-order valence-electron chi connectivity index (χ1n) is 7.84. The molecule has 0 saturated heterocycles. The molecule has 1 heterocycles. The Kier molecular flexibility index (Phi) is 2.99. The van der Waals surface area contributed by atoms with Crippen molar-refractivity contribution in [2.75, 3.05) is 13.1 Å². The lowest BCUT2D eigenvalue weighted by Crippen LogP contribution is -2.34. The van der Waals surface area contributed by atoms with Crippen LogP contribution in [0, 0.1) is 17.8 Å². The predicted octanol–water partition coefficient (Wildman–Crippen LogP) is 3.02. The summed E-state index contributed by atoms with van der Waals surface area (Å²) in [4.78, 5) is 0. The number of para-hydroxylation sites is 1. The van der Waals surface area contributed by atoms with E-state index in [-0.39, 0.29) is 0 Å². The highest BCUT2D eigenvalue weighted by atomic mass is 16.5. The molecule has 2 heteroatoms. The molecular weight excluding hydrogens is 234 g/mol. The van der Waals surface area contributed by atoms with Crippen molar-refractivity contribution in [1.29, 1.82) is 0 Å². The van der Waals surface area contributed by atoms with Crippen LogP contribution in [0.3, 0.4) is 0 Å². The lowest BCUT2D eigenvalue weighted by molar-refractivity contribution is 0.218. The minimum absolute atomic E-state index is 0.344. The van der Waals surface area contributed by atoms with Crippen LogP contribution in [-0.2, 0) is 6.42 Å². The predicted molar refractivity (Wildman–Crippen MR) is 76.4 cm³/mol. The van der Waals surface area contributed by atoms with Crippen molar-refractivity contribution in [3.8, 4) is 5.75 Å². The van der Waals surface area contributed by atoms with E-state index in [1.807, 2.05) is 0 Å². The Bertz CT molecular complexity index is 433. The average Bonchev–Trinajstić information content (AvgIpc) is 3.12. The van der Waals surface area contributed by atoms with Gasteiger partial charge in [-0.25, -0.2) is 0 Å². The van der Waals surface area contributed by atoms with Crippen LogP contribution in [0.15, 0.2) is 24.3 Å². The standard InChI is InChI=1S/C17H23NO/c1-2-4-17-14(3-1)9-16(19-17)11-18-10-15-8-12-5-6-13(15)7-12/h1-4,12-13,15-16,18H,5-11H2. The number of fused-ring (bicyclic) bond motifs is 3. The van der Waals surface area contributed by atoms with Crippen LogP contribution in [0.2, 0.25) is 0 Å². The van der Waals surface area contributed by atoms with E-state index < -0.39 is 0 Å². The second kappa shape index (κ2) is 4.82. The normalized spacial score (nSPS) is 35.4. The van der Waals surface area contributed by atoms with E-state index in [4.69, 9.17) is 4.74 Å². The first-order valence-corrected chi connectivity index (χ1v) is 7.84. The van der Waals surface area contributed by atoms with Crippen LogP contribution in [0.1, 0.15) is 31.2 Å². The van der Waals surface area contributed by atoms with Gasteiger partial charge in [-0.05, 0) is 55.2 Å². The molecule has 1 N–H and O–H groups in total. The van der Waals surface area contributed by atoms with Crippen molar-refractivity contribution in [3.05, 3.63) is 29.8 Å². The van der Waals surface area contributed by atoms with Gasteiger partial charge in [0.05, 0.1) is 0 Å². The Morgan fingerprint density at radius 2 is 2.05 bits per heavy atom. The van der Waals surface area contributed by atoms with Gasteiger partial charge in [-0.15, -0.1) is 0 Å². The third-order valence-electron chi connectivity index (χ3n) is 5.38. The molecule has 0 aromatic heterocycles. The van der Waals surface area contributed by atoms with Gasteiger partial charge >= 0.3 is 0 Å². The van der Waals surface area contributed by atoms with E-state index in [1.54, 1.807) is 0 Å². The fourth-order valence-electron chi connectivity index (χ4n) is 4.42. The lowest BCUT2D eigenvalue weighted by atomic mass is 9.89. The van der Waals surface area contributed by atoms with Gasteiger partial charge in [0, 0.05) is 13.0 Å². The Morgan fingerprint density at radius 3 is 2.84 bits per heavy atom. The summed E-state index contributed by atoms with van der Waals surface area (Å²) in [7, 11) is 0. The summed E-state index contributed by atoms with van der Waals surface area (Å²) in [6.07, 6.45) is 7.39. The van der Waals surface area contributed by atoms with Crippen LogP contribution in [0.4, 0.5) is 0 Å². The summed E-state index contributed by atoms with van der Waals surface area (Å²) < 4.78 is 5.97. The van der Waals surface area contributed by atoms with Crippen LogP contribution in [-0.4, -0.2) is 19.2 Å². The maximum absolute atomic E-state index is 5.97. The zero-order valence-electron chi connectivity index (χ0n) is 11.5. The first kappa shape index (κ1) is 11.8. The van der Waals surface area contributed by atoms with Crippen molar-refractivity contribution in [2.24, 2.45) is 17.8 Å². The molecular formula is C17H23NO. The summed E-state index contributed by atoms with van der Waals surface area (Å²) in [5, 5.41) is 3.66. The van der Waals surface area contributed by atoms with E-state index in [9.17, 15) is 0 Å². The second-order valence-electron chi connectivity index (χ2n) is 6.64. The zero-order valence-corrected chi connectivity index (χ0v) is 11.5. The van der Waals surface area contributed by atoms with Gasteiger partial charge in [0.2, 0.25) is 0 Å². The summed E-state index contributed by atoms with van der Waals surface area (Å²) in [6, 6.07) is 8.44. The molecule has 3 aliphatic rings. The SMILES string of the molecule is c1ccc2c(c1)CC(CNCC1CC3CCC1C3)O2. The third kappa shape index (κ3) is 2.27. The van der Waals surface area contributed by atoms with Gasteiger partial charge in [-0.1, -0.05) is 24.6 Å². The topological polar surface area (TPSA) is 21.3 Å². The molecule has 0 spiro atoms. The maximum Gasteiger partial charge on any atom is 0.123 e. The van der Waals surface area contributed by atoms with Gasteiger partial charge in [0.25, 0.3) is 0 Å². The highest BCUT2D eigenvalue weighted by molar-refractivity contribution is 5.37. The highest BCUT2D eigenvalue weighted by Gasteiger charge is 2.39. The molecule has 4 rings (SSSR count). The zero-order chi connectivity index (χ0) is 12.7. The van der Waals surface area contributed by atoms with Gasteiger partial charge in [0.15, 0.2) is 0 Å². The summed E-state index contributed by atoms with van der Waals surface area (Å²) in [6.45, 7) is 2.21. The van der Waals surface area contributed by atoms with Crippen LogP contribution in [0.5, 0.6) is 5.75 Å². The van der Waals surface area contributed by atoms with Crippen LogP contribution < -0.4 is 10.1 Å². The Labute approximate surface area is 115 Å². The third-order valence-corrected chi connectivity index (χ3v) is 5.38. The molecule has 102 valence electrons. The van der Waals surface area contributed by atoms with Crippen molar-refractivity contribution in [3.63, 3.8) is 0 Å². The van der Waals surface area contributed by atoms with Gasteiger partial charge in [0.1, 0.15) is 11.9 Å². The summed E-state index contributed by atoms with van der Waals surface area (Å²) >= 11 is 0. The second-order valence-corrected chi connectivity index (χ2v) is 6.64. The van der Waals surface area contributed by atoms with E-state index in [2.05, 4.69) is 29.6 Å². The molecule has 0 amide bonds. The van der Waals surface area contributed by atoms with Gasteiger partial charge in [-0.3, -0.25) is 0 Å². The lowest BCUT2D eigenvalue weighted by Gasteiger charge is -2.22. The number of ether oxygens (including phenoxy) is 1. The number of nitrogens with one attached hydrogen (secondary N) is 1. The molecule has 0 radical (unpaired) electrons. The molecule has 2 fully saturated rings. The number of rotatable bonds is 4.